The van der Waals surface area contributed by atoms with Gasteiger partial charge in [0.25, 0.3) is 0 Å². The van der Waals surface area contributed by atoms with Crippen molar-refractivity contribution in [3.8, 4) is 0 Å². The third kappa shape index (κ3) is 3.05. The van der Waals surface area contributed by atoms with E-state index in [1.807, 2.05) is 0 Å². The molecule has 0 aromatic carbocycles. The van der Waals surface area contributed by atoms with Crippen molar-refractivity contribution in [2.24, 2.45) is 0 Å². The third-order valence-electron chi connectivity index (χ3n) is 3.25. The zero-order chi connectivity index (χ0) is 15.4. The third-order valence-corrected chi connectivity index (χ3v) is 3.25. The van der Waals surface area contributed by atoms with Crippen LogP contribution in [0, 0.1) is 0 Å². The van der Waals surface area contributed by atoms with Gasteiger partial charge in [-0.15, -0.1) is 0 Å². The first kappa shape index (κ1) is 15.0. The number of rotatable bonds is 3. The van der Waals surface area contributed by atoms with Crippen molar-refractivity contribution in [1.82, 2.24) is 10.3 Å². The molecular weight excluding hydrogens is 276 g/mol. The molecule has 1 fully saturated rings. The molecule has 1 aromatic heterocycles. The van der Waals surface area contributed by atoms with Crippen LogP contribution in [0.3, 0.4) is 0 Å². The van der Waals surface area contributed by atoms with Gasteiger partial charge in [-0.1, -0.05) is 0 Å². The van der Waals surface area contributed by atoms with E-state index < -0.39 is 12.0 Å². The number of nitrogens with one attached hydrogen (secondary N) is 1. The highest BCUT2D eigenvalue weighted by molar-refractivity contribution is 5.90. The Bertz CT molecular complexity index is 549. The summed E-state index contributed by atoms with van der Waals surface area (Å²) in [6.07, 6.45) is 0. The summed E-state index contributed by atoms with van der Waals surface area (Å²) in [6.45, 7) is 1.15. The number of ether oxygens (including phenoxy) is 2. The Hall–Kier alpha value is -2.35. The maximum Gasteiger partial charge on any atom is 0.356 e. The topological polar surface area (TPSA) is 107 Å². The van der Waals surface area contributed by atoms with Crippen molar-refractivity contribution in [3.05, 3.63) is 17.8 Å². The molecule has 0 bridgehead atoms. The van der Waals surface area contributed by atoms with E-state index in [0.29, 0.717) is 24.7 Å². The first-order chi connectivity index (χ1) is 10.1. The first-order valence-corrected chi connectivity index (χ1v) is 6.49. The van der Waals surface area contributed by atoms with Gasteiger partial charge in [-0.2, -0.15) is 0 Å². The van der Waals surface area contributed by atoms with Gasteiger partial charge in [0.05, 0.1) is 26.0 Å². The van der Waals surface area contributed by atoms with Gasteiger partial charge in [-0.3, -0.25) is 4.79 Å². The van der Waals surface area contributed by atoms with E-state index in [2.05, 4.69) is 15.0 Å². The van der Waals surface area contributed by atoms with Crippen molar-refractivity contribution < 1.29 is 19.1 Å². The van der Waals surface area contributed by atoms with Crippen LogP contribution in [0.1, 0.15) is 10.5 Å². The van der Waals surface area contributed by atoms with Crippen LogP contribution in [0.25, 0.3) is 0 Å². The molecule has 2 heterocycles. The molecule has 1 atom stereocenters. The lowest BCUT2D eigenvalue weighted by molar-refractivity contribution is -0.124. The lowest BCUT2D eigenvalue weighted by atomic mass is 10.2. The van der Waals surface area contributed by atoms with Crippen LogP contribution >= 0.6 is 0 Å². The standard InChI is InChI=1S/C13H18N4O4/c1-15-12(18)10-7-21-6-5-17(10)11-8(14)3-4-9(16-11)13(19)20-2/h3-4,10H,5-7,14H2,1-2H3,(H,15,18). The number of esters is 1. The molecular formula is C13H18N4O4. The van der Waals surface area contributed by atoms with Crippen molar-refractivity contribution in [3.63, 3.8) is 0 Å². The number of morpholine rings is 1. The molecule has 2 rings (SSSR count). The van der Waals surface area contributed by atoms with Crippen LogP contribution < -0.4 is 16.0 Å². The fourth-order valence-corrected chi connectivity index (χ4v) is 2.15. The molecule has 1 aromatic rings. The lowest BCUT2D eigenvalue weighted by Crippen LogP contribution is -2.54. The van der Waals surface area contributed by atoms with E-state index in [0.717, 1.165) is 0 Å². The molecule has 1 aliphatic rings. The molecule has 8 heteroatoms. The van der Waals surface area contributed by atoms with Gasteiger partial charge in [-0.05, 0) is 12.1 Å². The van der Waals surface area contributed by atoms with Gasteiger partial charge in [-0.25, -0.2) is 9.78 Å². The Balaban J connectivity index is 2.37. The van der Waals surface area contributed by atoms with Crippen LogP contribution in [0.15, 0.2) is 12.1 Å². The van der Waals surface area contributed by atoms with E-state index in [9.17, 15) is 9.59 Å². The summed E-state index contributed by atoms with van der Waals surface area (Å²) in [5, 5.41) is 2.58. The van der Waals surface area contributed by atoms with E-state index in [1.165, 1.54) is 13.2 Å². The highest BCUT2D eigenvalue weighted by atomic mass is 16.5. The number of anilines is 2. The van der Waals surface area contributed by atoms with Crippen molar-refractivity contribution >= 4 is 23.4 Å². The second kappa shape index (κ2) is 6.40. The van der Waals surface area contributed by atoms with Gasteiger partial charge in [0, 0.05) is 13.6 Å². The summed E-state index contributed by atoms with van der Waals surface area (Å²) in [4.78, 5) is 29.5. The van der Waals surface area contributed by atoms with Crippen molar-refractivity contribution in [2.45, 2.75) is 6.04 Å². The van der Waals surface area contributed by atoms with Gasteiger partial charge < -0.3 is 25.4 Å². The van der Waals surface area contributed by atoms with Crippen LogP contribution in [-0.4, -0.2) is 56.8 Å². The van der Waals surface area contributed by atoms with Gasteiger partial charge in [0.1, 0.15) is 6.04 Å². The number of likely N-dealkylation sites (N-methyl/N-ethyl adjacent to an activating group) is 1. The normalized spacial score (nSPS) is 18.2. The van der Waals surface area contributed by atoms with Crippen molar-refractivity contribution in [2.75, 3.05) is 44.5 Å². The average Bonchev–Trinajstić information content (AvgIpc) is 2.53. The van der Waals surface area contributed by atoms with Gasteiger partial charge in [0.15, 0.2) is 11.5 Å². The average molecular weight is 294 g/mol. The number of nitrogens with two attached hydrogens (primary N) is 1. The second-order valence-electron chi connectivity index (χ2n) is 4.50. The van der Waals surface area contributed by atoms with E-state index >= 15 is 0 Å². The first-order valence-electron chi connectivity index (χ1n) is 6.49. The minimum atomic E-state index is -0.555. The van der Waals surface area contributed by atoms with Gasteiger partial charge >= 0.3 is 5.97 Å². The molecule has 0 aliphatic carbocycles. The molecule has 1 unspecified atom stereocenters. The number of hydrogen-bond donors (Lipinski definition) is 2. The van der Waals surface area contributed by atoms with Gasteiger partial charge in [0.2, 0.25) is 5.91 Å². The van der Waals surface area contributed by atoms with Crippen LogP contribution in [0.2, 0.25) is 0 Å². The fourth-order valence-electron chi connectivity index (χ4n) is 2.15. The molecule has 1 amide bonds. The highest BCUT2D eigenvalue weighted by Gasteiger charge is 2.31. The Morgan fingerprint density at radius 1 is 1.52 bits per heavy atom. The molecule has 0 radical (unpaired) electrons. The number of aromatic nitrogens is 1. The summed E-state index contributed by atoms with van der Waals surface area (Å²) in [5.41, 5.74) is 6.47. The molecule has 3 N–H and O–H groups in total. The number of methoxy groups -OCH3 is 1. The Morgan fingerprint density at radius 3 is 2.95 bits per heavy atom. The maximum atomic E-state index is 11.9. The number of carbonyl (C=O) groups is 2. The monoisotopic (exact) mass is 294 g/mol. The number of nitrogen functional groups attached to an aromatic ring is 1. The molecule has 0 spiro atoms. The number of pyridine rings is 1. The second-order valence-corrected chi connectivity index (χ2v) is 4.50. The van der Waals surface area contributed by atoms with E-state index in [4.69, 9.17) is 10.5 Å². The summed E-state index contributed by atoms with van der Waals surface area (Å²) in [6, 6.07) is 2.52. The quantitative estimate of drug-likeness (QED) is 0.717. The van der Waals surface area contributed by atoms with Crippen molar-refractivity contribution in [1.29, 1.82) is 0 Å². The Kier molecular flexibility index (Phi) is 4.59. The maximum absolute atomic E-state index is 11.9. The largest absolute Gasteiger partial charge is 0.464 e. The fraction of sp³-hybridized carbons (Fsp3) is 0.462. The predicted octanol–water partition coefficient (Wildman–Crippen LogP) is -0.598. The summed E-state index contributed by atoms with van der Waals surface area (Å²) >= 11 is 0. The summed E-state index contributed by atoms with van der Waals surface area (Å²) < 4.78 is 9.98. The minimum absolute atomic E-state index is 0.142. The lowest BCUT2D eigenvalue weighted by Gasteiger charge is -2.35. The molecule has 1 aliphatic heterocycles. The summed E-state index contributed by atoms with van der Waals surface area (Å²) in [7, 11) is 2.83. The summed E-state index contributed by atoms with van der Waals surface area (Å²) in [5.74, 6) is -0.366. The van der Waals surface area contributed by atoms with Crippen LogP contribution in [0.4, 0.5) is 11.5 Å². The Labute approximate surface area is 122 Å². The number of carbonyl (C=O) groups excluding carboxylic acids is 2. The molecule has 114 valence electrons. The minimum Gasteiger partial charge on any atom is -0.464 e. The van der Waals surface area contributed by atoms with Crippen LogP contribution in [-0.2, 0) is 14.3 Å². The number of hydrogen-bond acceptors (Lipinski definition) is 7. The predicted molar refractivity (Wildman–Crippen MR) is 76.0 cm³/mol. The zero-order valence-corrected chi connectivity index (χ0v) is 12.0. The van der Waals surface area contributed by atoms with Crippen LogP contribution in [0.5, 0.6) is 0 Å². The van der Waals surface area contributed by atoms with E-state index in [1.54, 1.807) is 18.0 Å². The zero-order valence-electron chi connectivity index (χ0n) is 12.0. The molecule has 0 saturated carbocycles. The SMILES string of the molecule is CNC(=O)C1COCCN1c1nc(C(=O)OC)ccc1N. The molecule has 21 heavy (non-hydrogen) atoms. The Morgan fingerprint density at radius 2 is 2.29 bits per heavy atom. The highest BCUT2D eigenvalue weighted by Crippen LogP contribution is 2.25. The van der Waals surface area contributed by atoms with E-state index in [-0.39, 0.29) is 18.2 Å². The number of amides is 1. The molecule has 1 saturated heterocycles. The smallest absolute Gasteiger partial charge is 0.356 e. The number of nitrogens with zero attached hydrogens (tertiary/aromatic N) is 2. The molecule has 8 nitrogen and oxygen atoms in total.